The van der Waals surface area contributed by atoms with Crippen LogP contribution >= 0.6 is 0 Å². The van der Waals surface area contributed by atoms with E-state index in [1.807, 2.05) is 25.1 Å². The molecule has 0 saturated carbocycles. The minimum absolute atomic E-state index is 0.0138. The molecule has 0 saturated heterocycles. The van der Waals surface area contributed by atoms with Gasteiger partial charge in [-0.3, -0.25) is 14.4 Å². The van der Waals surface area contributed by atoms with Gasteiger partial charge in [0.25, 0.3) is 0 Å². The molecule has 0 aliphatic carbocycles. The van der Waals surface area contributed by atoms with E-state index in [0.717, 1.165) is 5.56 Å². The molecule has 0 radical (unpaired) electrons. The molecule has 0 bridgehead atoms. The molecule has 1 unspecified atom stereocenters. The van der Waals surface area contributed by atoms with Crippen LogP contribution in [0.25, 0.3) is 0 Å². The number of nitrogens with zero attached hydrogens (tertiary/aromatic N) is 1. The summed E-state index contributed by atoms with van der Waals surface area (Å²) in [4.78, 5) is 36.0. The van der Waals surface area contributed by atoms with Gasteiger partial charge in [-0.2, -0.15) is 0 Å². The van der Waals surface area contributed by atoms with Crippen LogP contribution in [0.2, 0.25) is 0 Å². The highest BCUT2D eigenvalue weighted by molar-refractivity contribution is 5.79. The Balaban J connectivity index is 2.84. The van der Waals surface area contributed by atoms with Crippen LogP contribution in [-0.2, 0) is 14.4 Å². The fourth-order valence-corrected chi connectivity index (χ4v) is 2.46. The first-order valence-corrected chi connectivity index (χ1v) is 8.29. The van der Waals surface area contributed by atoms with E-state index >= 15 is 0 Å². The molecule has 1 aromatic rings. The van der Waals surface area contributed by atoms with Crippen LogP contribution in [0.15, 0.2) is 24.3 Å². The molecule has 0 aliphatic rings. The smallest absolute Gasteiger partial charge is 0.303 e. The van der Waals surface area contributed by atoms with Crippen molar-refractivity contribution in [3.8, 4) is 5.75 Å². The number of hydrogen-bond donors (Lipinski definition) is 2. The number of nitrogens with one attached hydrogen (secondary N) is 1. The van der Waals surface area contributed by atoms with Gasteiger partial charge in [0.1, 0.15) is 5.75 Å². The number of rotatable bonds is 10. The van der Waals surface area contributed by atoms with Crippen molar-refractivity contribution in [1.29, 1.82) is 0 Å². The molecular weight excluding hydrogens is 324 g/mol. The number of carbonyl (C=O) groups excluding carboxylic acids is 2. The van der Waals surface area contributed by atoms with Gasteiger partial charge >= 0.3 is 5.97 Å². The Morgan fingerprint density at radius 1 is 1.28 bits per heavy atom. The Kier molecular flexibility index (Phi) is 8.46. The van der Waals surface area contributed by atoms with Gasteiger partial charge in [0.15, 0.2) is 0 Å². The average Bonchev–Trinajstić information content (AvgIpc) is 2.54. The molecule has 0 fully saturated rings. The van der Waals surface area contributed by atoms with Gasteiger partial charge in [0.05, 0.1) is 19.1 Å². The van der Waals surface area contributed by atoms with Gasteiger partial charge in [-0.1, -0.05) is 18.2 Å². The van der Waals surface area contributed by atoms with E-state index < -0.39 is 12.0 Å². The van der Waals surface area contributed by atoms with Crippen LogP contribution in [0, 0.1) is 0 Å². The third-order valence-electron chi connectivity index (χ3n) is 3.66. The SMILES string of the molecule is CCOc1ccccc1C(CC(=O)N(C)CCCC(=O)O)NC(C)=O. The van der Waals surface area contributed by atoms with Crippen molar-refractivity contribution in [3.63, 3.8) is 0 Å². The largest absolute Gasteiger partial charge is 0.494 e. The molecule has 138 valence electrons. The second-order valence-electron chi connectivity index (χ2n) is 5.74. The maximum Gasteiger partial charge on any atom is 0.303 e. The number of aliphatic carboxylic acids is 1. The maximum absolute atomic E-state index is 12.4. The predicted molar refractivity (Wildman–Crippen MR) is 93.3 cm³/mol. The zero-order valence-corrected chi connectivity index (χ0v) is 14.9. The summed E-state index contributed by atoms with van der Waals surface area (Å²) in [7, 11) is 1.63. The zero-order valence-electron chi connectivity index (χ0n) is 14.9. The van der Waals surface area contributed by atoms with Crippen LogP contribution in [0.1, 0.15) is 44.7 Å². The summed E-state index contributed by atoms with van der Waals surface area (Å²) in [6.07, 6.45) is 0.477. The molecular formula is C18H26N2O5. The Labute approximate surface area is 148 Å². The Morgan fingerprint density at radius 3 is 2.56 bits per heavy atom. The summed E-state index contributed by atoms with van der Waals surface area (Å²) in [5, 5.41) is 11.5. The van der Waals surface area contributed by atoms with E-state index in [9.17, 15) is 14.4 Å². The topological polar surface area (TPSA) is 95.9 Å². The van der Waals surface area contributed by atoms with Gasteiger partial charge < -0.3 is 20.1 Å². The highest BCUT2D eigenvalue weighted by atomic mass is 16.5. The minimum Gasteiger partial charge on any atom is -0.494 e. The summed E-state index contributed by atoms with van der Waals surface area (Å²) in [6.45, 7) is 4.10. The molecule has 0 aromatic heterocycles. The van der Waals surface area contributed by atoms with Gasteiger partial charge in [-0.05, 0) is 19.4 Å². The van der Waals surface area contributed by atoms with Crippen LogP contribution < -0.4 is 10.1 Å². The summed E-state index contributed by atoms with van der Waals surface area (Å²) in [5.74, 6) is -0.666. The quantitative estimate of drug-likeness (QED) is 0.673. The molecule has 0 aliphatic heterocycles. The first-order chi connectivity index (χ1) is 11.8. The highest BCUT2D eigenvalue weighted by Crippen LogP contribution is 2.28. The Bertz CT molecular complexity index is 603. The van der Waals surface area contributed by atoms with Crippen molar-refractivity contribution in [2.75, 3.05) is 20.2 Å². The lowest BCUT2D eigenvalue weighted by Gasteiger charge is -2.24. The number of carbonyl (C=O) groups is 3. The first-order valence-electron chi connectivity index (χ1n) is 8.29. The number of benzene rings is 1. The van der Waals surface area contributed by atoms with E-state index in [0.29, 0.717) is 25.3 Å². The number of carboxylic acids is 1. The molecule has 1 aromatic carbocycles. The van der Waals surface area contributed by atoms with Gasteiger partial charge in [0, 0.05) is 32.5 Å². The van der Waals surface area contributed by atoms with E-state index in [-0.39, 0.29) is 24.7 Å². The monoisotopic (exact) mass is 350 g/mol. The van der Waals surface area contributed by atoms with E-state index in [2.05, 4.69) is 5.32 Å². The number of ether oxygens (including phenoxy) is 1. The lowest BCUT2D eigenvalue weighted by atomic mass is 10.0. The fourth-order valence-electron chi connectivity index (χ4n) is 2.46. The Hall–Kier alpha value is -2.57. The van der Waals surface area contributed by atoms with E-state index in [1.54, 1.807) is 13.1 Å². The summed E-state index contributed by atoms with van der Waals surface area (Å²) < 4.78 is 5.59. The highest BCUT2D eigenvalue weighted by Gasteiger charge is 2.22. The normalized spacial score (nSPS) is 11.5. The van der Waals surface area contributed by atoms with Crippen LogP contribution in [0.5, 0.6) is 5.75 Å². The maximum atomic E-state index is 12.4. The molecule has 2 N–H and O–H groups in total. The number of hydrogen-bond acceptors (Lipinski definition) is 4. The van der Waals surface area contributed by atoms with Crippen LogP contribution in [0.4, 0.5) is 0 Å². The van der Waals surface area contributed by atoms with Gasteiger partial charge in [0.2, 0.25) is 11.8 Å². The van der Waals surface area contributed by atoms with Crippen molar-refractivity contribution in [2.45, 2.75) is 39.2 Å². The fraction of sp³-hybridized carbons (Fsp3) is 0.500. The number of para-hydroxylation sites is 1. The Morgan fingerprint density at radius 2 is 1.96 bits per heavy atom. The molecule has 1 atom stereocenters. The van der Waals surface area contributed by atoms with Crippen LogP contribution in [0.3, 0.4) is 0 Å². The number of carboxylic acid groups (broad SMARTS) is 1. The molecule has 25 heavy (non-hydrogen) atoms. The average molecular weight is 350 g/mol. The van der Waals surface area contributed by atoms with Crippen molar-refractivity contribution < 1.29 is 24.2 Å². The third-order valence-corrected chi connectivity index (χ3v) is 3.66. The minimum atomic E-state index is -0.886. The lowest BCUT2D eigenvalue weighted by molar-refractivity contribution is -0.138. The van der Waals surface area contributed by atoms with Gasteiger partial charge in [-0.25, -0.2) is 0 Å². The first kappa shape index (κ1) is 20.5. The van der Waals surface area contributed by atoms with E-state index in [1.165, 1.54) is 11.8 Å². The second kappa shape index (κ2) is 10.3. The molecule has 7 nitrogen and oxygen atoms in total. The molecule has 7 heteroatoms. The molecule has 2 amide bonds. The lowest BCUT2D eigenvalue weighted by Crippen LogP contribution is -2.34. The zero-order chi connectivity index (χ0) is 18.8. The number of amides is 2. The van der Waals surface area contributed by atoms with Crippen molar-refractivity contribution in [2.24, 2.45) is 0 Å². The van der Waals surface area contributed by atoms with Crippen molar-refractivity contribution in [3.05, 3.63) is 29.8 Å². The van der Waals surface area contributed by atoms with E-state index in [4.69, 9.17) is 9.84 Å². The third kappa shape index (κ3) is 7.24. The summed E-state index contributed by atoms with van der Waals surface area (Å²) >= 11 is 0. The van der Waals surface area contributed by atoms with Crippen molar-refractivity contribution in [1.82, 2.24) is 10.2 Å². The van der Waals surface area contributed by atoms with Crippen molar-refractivity contribution >= 4 is 17.8 Å². The standard InChI is InChI=1S/C18H26N2O5/c1-4-25-16-9-6-5-8-14(16)15(19-13(2)21)12-17(22)20(3)11-7-10-18(23)24/h5-6,8-9,15H,4,7,10-12H2,1-3H3,(H,19,21)(H,23,24). The summed E-state index contributed by atoms with van der Waals surface area (Å²) in [5.41, 5.74) is 0.742. The predicted octanol–water partition coefficient (Wildman–Crippen LogP) is 1.98. The van der Waals surface area contributed by atoms with Crippen LogP contribution in [-0.4, -0.2) is 48.0 Å². The molecule has 1 rings (SSSR count). The molecule has 0 spiro atoms. The van der Waals surface area contributed by atoms with Gasteiger partial charge in [-0.15, -0.1) is 0 Å². The molecule has 0 heterocycles. The summed E-state index contributed by atoms with van der Waals surface area (Å²) in [6, 6.07) is 6.78. The second-order valence-corrected chi connectivity index (χ2v) is 5.74.